The molecule has 20 heavy (non-hydrogen) atoms. The monoisotopic (exact) mass is 316 g/mol. The molecule has 7 heteroatoms. The summed E-state index contributed by atoms with van der Waals surface area (Å²) in [6.07, 6.45) is 3.17. The van der Waals surface area contributed by atoms with Gasteiger partial charge < -0.3 is 10.1 Å². The molecule has 2 heterocycles. The molecule has 1 saturated carbocycles. The second-order valence-electron chi connectivity index (χ2n) is 5.49. The second-order valence-corrected chi connectivity index (χ2v) is 8.35. The highest BCUT2D eigenvalue weighted by molar-refractivity contribution is 7.91. The molecule has 0 spiro atoms. The number of thiophene rings is 1. The first-order valence-electron chi connectivity index (χ1n) is 6.96. The van der Waals surface area contributed by atoms with Gasteiger partial charge in [0.1, 0.15) is 4.21 Å². The summed E-state index contributed by atoms with van der Waals surface area (Å²) in [5.41, 5.74) is 0.999. The van der Waals surface area contributed by atoms with Gasteiger partial charge >= 0.3 is 0 Å². The number of rotatable bonds is 6. The van der Waals surface area contributed by atoms with Crippen LogP contribution in [-0.4, -0.2) is 34.2 Å². The lowest BCUT2D eigenvalue weighted by atomic mass is 10.1. The molecule has 3 rings (SSSR count). The first kappa shape index (κ1) is 14.5. The van der Waals surface area contributed by atoms with Crippen molar-refractivity contribution in [2.75, 3.05) is 13.7 Å². The molecule has 112 valence electrons. The third-order valence-corrected chi connectivity index (χ3v) is 6.78. The maximum absolute atomic E-state index is 12.4. The van der Waals surface area contributed by atoms with Crippen molar-refractivity contribution in [1.29, 1.82) is 0 Å². The van der Waals surface area contributed by atoms with E-state index in [0.29, 0.717) is 23.3 Å². The minimum Gasteiger partial charge on any atom is -0.376 e. The highest BCUT2D eigenvalue weighted by atomic mass is 32.2. The zero-order valence-electron chi connectivity index (χ0n) is 11.5. The number of nitrogens with one attached hydrogen (secondary N) is 2. The Morgan fingerprint density at radius 3 is 2.90 bits per heavy atom. The molecule has 1 aliphatic carbocycles. The van der Waals surface area contributed by atoms with E-state index in [-0.39, 0.29) is 12.1 Å². The molecule has 1 aromatic rings. The van der Waals surface area contributed by atoms with Gasteiger partial charge in [0.25, 0.3) is 0 Å². The fourth-order valence-corrected chi connectivity index (χ4v) is 5.18. The van der Waals surface area contributed by atoms with E-state index >= 15 is 0 Å². The van der Waals surface area contributed by atoms with Gasteiger partial charge in [-0.15, -0.1) is 11.3 Å². The molecular formula is C13H20N2O3S2. The minimum atomic E-state index is -3.42. The van der Waals surface area contributed by atoms with Crippen LogP contribution in [0, 0.1) is 5.92 Å². The summed E-state index contributed by atoms with van der Waals surface area (Å²) in [5, 5.41) is 4.91. The van der Waals surface area contributed by atoms with Gasteiger partial charge in [0.15, 0.2) is 0 Å². The third-order valence-electron chi connectivity index (χ3n) is 3.80. The third kappa shape index (κ3) is 3.07. The van der Waals surface area contributed by atoms with Gasteiger partial charge in [-0.3, -0.25) is 0 Å². The van der Waals surface area contributed by atoms with Crippen LogP contribution in [0.25, 0.3) is 0 Å². The highest BCUT2D eigenvalue weighted by Gasteiger charge is 2.42. The standard InChI is InChI=1S/C13H20N2O3S2/c1-14-7-9-6-12(19-8-9)20(16,17)15-11-4-5-18-13(11)10-2-3-10/h6,8,10-11,13-15H,2-5,7H2,1H3. The summed E-state index contributed by atoms with van der Waals surface area (Å²) in [5.74, 6) is 0.549. The maximum Gasteiger partial charge on any atom is 0.250 e. The molecule has 2 aliphatic rings. The van der Waals surface area contributed by atoms with Crippen LogP contribution in [0.5, 0.6) is 0 Å². The lowest BCUT2D eigenvalue weighted by Crippen LogP contribution is -2.41. The maximum atomic E-state index is 12.4. The summed E-state index contributed by atoms with van der Waals surface area (Å²) in [7, 11) is -1.57. The molecule has 1 aliphatic heterocycles. The van der Waals surface area contributed by atoms with Crippen LogP contribution in [0.2, 0.25) is 0 Å². The van der Waals surface area contributed by atoms with E-state index < -0.39 is 10.0 Å². The normalized spacial score (nSPS) is 27.1. The first-order valence-corrected chi connectivity index (χ1v) is 9.32. The van der Waals surface area contributed by atoms with E-state index in [0.717, 1.165) is 24.8 Å². The molecule has 0 radical (unpaired) electrons. The molecule has 0 amide bonds. The first-order chi connectivity index (χ1) is 9.60. The van der Waals surface area contributed by atoms with Gasteiger partial charge in [0, 0.05) is 13.2 Å². The molecular weight excluding hydrogens is 296 g/mol. The number of sulfonamides is 1. The van der Waals surface area contributed by atoms with Gasteiger partial charge in [-0.2, -0.15) is 0 Å². The van der Waals surface area contributed by atoms with Crippen molar-refractivity contribution in [1.82, 2.24) is 10.0 Å². The Labute approximate surface area is 123 Å². The Morgan fingerprint density at radius 2 is 2.20 bits per heavy atom. The summed E-state index contributed by atoms with van der Waals surface area (Å²) in [6, 6.07) is 1.67. The Bertz CT molecular complexity index is 566. The molecule has 2 atom stereocenters. The van der Waals surface area contributed by atoms with Gasteiger partial charge in [-0.05, 0) is 49.2 Å². The number of hydrogen-bond acceptors (Lipinski definition) is 5. The van der Waals surface area contributed by atoms with Crippen LogP contribution >= 0.6 is 11.3 Å². The van der Waals surface area contributed by atoms with Crippen molar-refractivity contribution in [2.24, 2.45) is 5.92 Å². The lowest BCUT2D eigenvalue weighted by molar-refractivity contribution is 0.0848. The minimum absolute atomic E-state index is 0.0673. The number of ether oxygens (including phenoxy) is 1. The van der Waals surface area contributed by atoms with E-state index in [2.05, 4.69) is 10.0 Å². The fourth-order valence-electron chi connectivity index (χ4n) is 2.68. The predicted molar refractivity (Wildman–Crippen MR) is 78.3 cm³/mol. The van der Waals surface area contributed by atoms with E-state index in [4.69, 9.17) is 4.74 Å². The topological polar surface area (TPSA) is 67.4 Å². The van der Waals surface area contributed by atoms with E-state index in [9.17, 15) is 8.42 Å². The van der Waals surface area contributed by atoms with Crippen LogP contribution in [0.3, 0.4) is 0 Å². The molecule has 0 aromatic carbocycles. The fraction of sp³-hybridized carbons (Fsp3) is 0.692. The molecule has 1 saturated heterocycles. The average molecular weight is 316 g/mol. The Balaban J connectivity index is 1.70. The van der Waals surface area contributed by atoms with Crippen LogP contribution < -0.4 is 10.0 Å². The second kappa shape index (κ2) is 5.73. The molecule has 0 bridgehead atoms. The van der Waals surface area contributed by atoms with Crippen LogP contribution in [0.1, 0.15) is 24.8 Å². The van der Waals surface area contributed by atoms with Crippen molar-refractivity contribution in [3.63, 3.8) is 0 Å². The molecule has 2 fully saturated rings. The Morgan fingerprint density at radius 1 is 1.40 bits per heavy atom. The van der Waals surface area contributed by atoms with E-state index in [1.54, 1.807) is 6.07 Å². The number of hydrogen-bond donors (Lipinski definition) is 2. The quantitative estimate of drug-likeness (QED) is 0.830. The predicted octanol–water partition coefficient (Wildman–Crippen LogP) is 1.31. The largest absolute Gasteiger partial charge is 0.376 e. The lowest BCUT2D eigenvalue weighted by Gasteiger charge is -2.18. The average Bonchev–Trinajstić information content (AvgIpc) is 2.95. The van der Waals surface area contributed by atoms with Gasteiger partial charge in [-0.1, -0.05) is 0 Å². The smallest absolute Gasteiger partial charge is 0.250 e. The van der Waals surface area contributed by atoms with Crippen molar-refractivity contribution in [3.8, 4) is 0 Å². The Hall–Kier alpha value is -0.470. The zero-order valence-corrected chi connectivity index (χ0v) is 13.1. The van der Waals surface area contributed by atoms with Crippen molar-refractivity contribution >= 4 is 21.4 Å². The van der Waals surface area contributed by atoms with Crippen LogP contribution in [0.4, 0.5) is 0 Å². The zero-order chi connectivity index (χ0) is 14.2. The molecule has 2 N–H and O–H groups in total. The SMILES string of the molecule is CNCc1csc(S(=O)(=O)NC2CCOC2C2CC2)c1. The van der Waals surface area contributed by atoms with E-state index in [1.165, 1.54) is 11.3 Å². The van der Waals surface area contributed by atoms with Crippen LogP contribution in [-0.2, 0) is 21.3 Å². The summed E-state index contributed by atoms with van der Waals surface area (Å²) < 4.78 is 33.7. The van der Waals surface area contributed by atoms with Crippen molar-refractivity contribution in [2.45, 2.75) is 42.2 Å². The summed E-state index contributed by atoms with van der Waals surface area (Å²) in [6.45, 7) is 1.34. The van der Waals surface area contributed by atoms with Crippen molar-refractivity contribution < 1.29 is 13.2 Å². The molecule has 5 nitrogen and oxygen atoms in total. The van der Waals surface area contributed by atoms with E-state index in [1.807, 2.05) is 12.4 Å². The van der Waals surface area contributed by atoms with Gasteiger partial charge in [0.2, 0.25) is 10.0 Å². The van der Waals surface area contributed by atoms with Crippen molar-refractivity contribution in [3.05, 3.63) is 17.0 Å². The summed E-state index contributed by atoms with van der Waals surface area (Å²) in [4.78, 5) is 0. The summed E-state index contributed by atoms with van der Waals surface area (Å²) >= 11 is 1.27. The highest BCUT2D eigenvalue weighted by Crippen LogP contribution is 2.39. The van der Waals surface area contributed by atoms with Gasteiger partial charge in [-0.25, -0.2) is 13.1 Å². The Kier molecular flexibility index (Phi) is 4.14. The molecule has 1 aromatic heterocycles. The van der Waals surface area contributed by atoms with Gasteiger partial charge in [0.05, 0.1) is 12.1 Å². The van der Waals surface area contributed by atoms with Crippen LogP contribution in [0.15, 0.2) is 15.7 Å². The molecule has 2 unspecified atom stereocenters.